The number of hydrogen-bond acceptors (Lipinski definition) is 5. The van der Waals surface area contributed by atoms with Crippen LogP contribution in [0.3, 0.4) is 0 Å². The molecule has 4 rings (SSSR count). The molecule has 0 radical (unpaired) electrons. The third-order valence-electron chi connectivity index (χ3n) is 5.07. The van der Waals surface area contributed by atoms with Crippen molar-refractivity contribution in [2.45, 2.75) is 43.8 Å². The van der Waals surface area contributed by atoms with E-state index in [-0.39, 0.29) is 29.7 Å². The maximum Gasteiger partial charge on any atom is 0.271 e. The van der Waals surface area contributed by atoms with Gasteiger partial charge in [0.2, 0.25) is 10.0 Å². The Hall–Kier alpha value is -2.06. The molecule has 2 aliphatic heterocycles. The third-order valence-corrected chi connectivity index (χ3v) is 6.43. The summed E-state index contributed by atoms with van der Waals surface area (Å²) in [5, 5.41) is 3.01. The van der Waals surface area contributed by atoms with Crippen molar-refractivity contribution in [3.8, 4) is 0 Å². The molecule has 0 aliphatic carbocycles. The topological polar surface area (TPSA) is 92.3 Å². The highest BCUT2D eigenvalue weighted by atomic mass is 32.2. The van der Waals surface area contributed by atoms with E-state index >= 15 is 0 Å². The minimum Gasteiger partial charge on any atom is -0.348 e. The fraction of sp³-hybridized carbons (Fsp3) is 0.471. The molecule has 2 bridgehead atoms. The molecule has 2 saturated heterocycles. The van der Waals surface area contributed by atoms with Crippen LogP contribution in [0.2, 0.25) is 0 Å². The van der Waals surface area contributed by atoms with Gasteiger partial charge in [0.15, 0.2) is 0 Å². The highest BCUT2D eigenvalue weighted by Crippen LogP contribution is 2.37. The lowest BCUT2D eigenvalue weighted by atomic mass is 9.99. The lowest BCUT2D eigenvalue weighted by Crippen LogP contribution is -2.52. The number of nitrogens with one attached hydrogen (secondary N) is 1. The predicted octanol–water partition coefficient (Wildman–Crippen LogP) is 1.31. The van der Waals surface area contributed by atoms with E-state index in [0.29, 0.717) is 18.4 Å². The molecular weight excluding hydrogens is 340 g/mol. The summed E-state index contributed by atoms with van der Waals surface area (Å²) in [5.74, 6) is -0.254. The number of para-hydroxylation sites is 2. The molecule has 0 saturated carbocycles. The van der Waals surface area contributed by atoms with E-state index in [9.17, 15) is 13.2 Å². The second-order valence-electron chi connectivity index (χ2n) is 6.86. The van der Waals surface area contributed by atoms with E-state index in [0.717, 1.165) is 18.4 Å². The Kier molecular flexibility index (Phi) is 3.96. The molecule has 2 atom stereocenters. The highest BCUT2D eigenvalue weighted by Gasteiger charge is 2.45. The average Bonchev–Trinajstić information content (AvgIpc) is 2.87. The summed E-state index contributed by atoms with van der Waals surface area (Å²) in [7, 11) is -3.19. The minimum absolute atomic E-state index is 0.0123. The lowest BCUT2D eigenvalue weighted by Gasteiger charge is -2.37. The normalized spacial score (nSPS) is 26.7. The van der Waals surface area contributed by atoms with Gasteiger partial charge in [0, 0.05) is 18.1 Å². The number of hydrogen-bond donors (Lipinski definition) is 1. The number of fused-ring (bicyclic) bond motifs is 3. The lowest BCUT2D eigenvalue weighted by molar-refractivity contribution is 0.0904. The van der Waals surface area contributed by atoms with E-state index in [4.69, 9.17) is 0 Å². The largest absolute Gasteiger partial charge is 0.348 e. The molecule has 1 aromatic carbocycles. The Bertz CT molecular complexity index is 916. The van der Waals surface area contributed by atoms with Crippen molar-refractivity contribution in [2.75, 3.05) is 6.26 Å². The van der Waals surface area contributed by atoms with Crippen LogP contribution >= 0.6 is 0 Å². The van der Waals surface area contributed by atoms with Crippen molar-refractivity contribution in [3.63, 3.8) is 0 Å². The number of carbonyl (C=O) groups is 1. The van der Waals surface area contributed by atoms with Gasteiger partial charge in [0.05, 0.1) is 23.5 Å². The minimum atomic E-state index is -3.19. The number of rotatable bonds is 3. The SMILES string of the molecule is CS(=O)(=O)N1C2CCC1CC(NC(=O)c1cnc3ccccc3n1)C2. The molecule has 2 fully saturated rings. The monoisotopic (exact) mass is 360 g/mol. The van der Waals surface area contributed by atoms with Gasteiger partial charge in [-0.1, -0.05) is 12.1 Å². The van der Waals surface area contributed by atoms with Crippen LogP contribution in [-0.2, 0) is 10.0 Å². The van der Waals surface area contributed by atoms with Crippen molar-refractivity contribution in [3.05, 3.63) is 36.2 Å². The molecule has 7 nitrogen and oxygen atoms in total. The number of piperidine rings is 1. The maximum atomic E-state index is 12.5. The Labute approximate surface area is 146 Å². The quantitative estimate of drug-likeness (QED) is 0.891. The molecule has 8 heteroatoms. The molecule has 2 aliphatic rings. The van der Waals surface area contributed by atoms with E-state index in [1.54, 1.807) is 4.31 Å². The maximum absolute atomic E-state index is 12.5. The van der Waals surface area contributed by atoms with Gasteiger partial charge < -0.3 is 5.32 Å². The second kappa shape index (κ2) is 6.03. The van der Waals surface area contributed by atoms with Crippen LogP contribution in [-0.4, -0.2) is 53.0 Å². The fourth-order valence-electron chi connectivity index (χ4n) is 4.12. The molecule has 25 heavy (non-hydrogen) atoms. The smallest absolute Gasteiger partial charge is 0.271 e. The van der Waals surface area contributed by atoms with Crippen molar-refractivity contribution in [1.29, 1.82) is 0 Å². The number of amides is 1. The predicted molar refractivity (Wildman–Crippen MR) is 93.5 cm³/mol. The van der Waals surface area contributed by atoms with Crippen LogP contribution < -0.4 is 5.32 Å². The van der Waals surface area contributed by atoms with Crippen LogP contribution in [0, 0.1) is 0 Å². The van der Waals surface area contributed by atoms with Crippen LogP contribution in [0.5, 0.6) is 0 Å². The summed E-state index contributed by atoms with van der Waals surface area (Å²) >= 11 is 0. The van der Waals surface area contributed by atoms with Gasteiger partial charge in [0.25, 0.3) is 5.91 Å². The average molecular weight is 360 g/mol. The Morgan fingerprint density at radius 2 is 1.80 bits per heavy atom. The highest BCUT2D eigenvalue weighted by molar-refractivity contribution is 7.88. The Morgan fingerprint density at radius 1 is 1.16 bits per heavy atom. The molecule has 2 aromatic rings. The summed E-state index contributed by atoms with van der Waals surface area (Å²) in [6.45, 7) is 0. The van der Waals surface area contributed by atoms with E-state index in [1.165, 1.54) is 12.5 Å². The number of carbonyl (C=O) groups excluding carboxylic acids is 1. The molecule has 2 unspecified atom stereocenters. The zero-order valence-corrected chi connectivity index (χ0v) is 14.7. The number of benzene rings is 1. The molecule has 1 aromatic heterocycles. The molecular formula is C17H20N4O3S. The molecule has 3 heterocycles. The van der Waals surface area contributed by atoms with Gasteiger partial charge in [0.1, 0.15) is 5.69 Å². The van der Waals surface area contributed by atoms with Crippen molar-refractivity contribution in [2.24, 2.45) is 0 Å². The van der Waals surface area contributed by atoms with Crippen molar-refractivity contribution >= 4 is 27.0 Å². The second-order valence-corrected chi connectivity index (χ2v) is 8.75. The third kappa shape index (κ3) is 3.11. The van der Waals surface area contributed by atoms with Crippen LogP contribution in [0.15, 0.2) is 30.5 Å². The molecule has 0 spiro atoms. The van der Waals surface area contributed by atoms with Gasteiger partial charge in [-0.05, 0) is 37.8 Å². The zero-order valence-electron chi connectivity index (χ0n) is 13.9. The van der Waals surface area contributed by atoms with Crippen LogP contribution in [0.25, 0.3) is 11.0 Å². The van der Waals surface area contributed by atoms with Gasteiger partial charge >= 0.3 is 0 Å². The van der Waals surface area contributed by atoms with Crippen molar-refractivity contribution < 1.29 is 13.2 Å². The number of sulfonamides is 1. The van der Waals surface area contributed by atoms with Crippen LogP contribution in [0.1, 0.15) is 36.2 Å². The number of nitrogens with zero attached hydrogens (tertiary/aromatic N) is 3. The fourth-order valence-corrected chi connectivity index (χ4v) is 5.59. The molecule has 1 amide bonds. The summed E-state index contributed by atoms with van der Waals surface area (Å²) in [4.78, 5) is 21.2. The van der Waals surface area contributed by atoms with Crippen LogP contribution in [0.4, 0.5) is 0 Å². The van der Waals surface area contributed by atoms with E-state index in [2.05, 4.69) is 15.3 Å². The summed E-state index contributed by atoms with van der Waals surface area (Å²) in [6.07, 6.45) is 5.77. The first-order chi connectivity index (χ1) is 11.9. The van der Waals surface area contributed by atoms with E-state index < -0.39 is 10.0 Å². The first-order valence-electron chi connectivity index (χ1n) is 8.43. The van der Waals surface area contributed by atoms with Gasteiger partial charge in [-0.25, -0.2) is 13.4 Å². The summed E-state index contributed by atoms with van der Waals surface area (Å²) < 4.78 is 25.5. The zero-order chi connectivity index (χ0) is 17.6. The van der Waals surface area contributed by atoms with E-state index in [1.807, 2.05) is 24.3 Å². The summed E-state index contributed by atoms with van der Waals surface area (Å²) in [5.41, 5.74) is 1.72. The van der Waals surface area contributed by atoms with Gasteiger partial charge in [-0.15, -0.1) is 0 Å². The van der Waals surface area contributed by atoms with Gasteiger partial charge in [-0.2, -0.15) is 4.31 Å². The van der Waals surface area contributed by atoms with Crippen molar-refractivity contribution in [1.82, 2.24) is 19.6 Å². The first kappa shape index (κ1) is 16.4. The molecule has 132 valence electrons. The Balaban J connectivity index is 1.48. The van der Waals surface area contributed by atoms with Gasteiger partial charge in [-0.3, -0.25) is 9.78 Å². The first-order valence-corrected chi connectivity index (χ1v) is 10.3. The number of aromatic nitrogens is 2. The Morgan fingerprint density at radius 3 is 2.44 bits per heavy atom. The standard InChI is InChI=1S/C17H20N4O3S/c1-25(23,24)21-12-6-7-13(21)9-11(8-12)19-17(22)16-10-18-14-4-2-3-5-15(14)20-16/h2-5,10-13H,6-9H2,1H3,(H,19,22). The molecule has 1 N–H and O–H groups in total. The summed E-state index contributed by atoms with van der Waals surface area (Å²) in [6, 6.07) is 7.35.